The topological polar surface area (TPSA) is 59.2 Å². The minimum absolute atomic E-state index is 0.0218. The molecule has 2 aromatic carbocycles. The largest absolute Gasteiger partial charge is 0.497 e. The third kappa shape index (κ3) is 2.88. The molecule has 0 bridgehead atoms. The van der Waals surface area contributed by atoms with Crippen LogP contribution in [0.5, 0.6) is 5.75 Å². The van der Waals surface area contributed by atoms with E-state index in [1.807, 2.05) is 24.3 Å². The van der Waals surface area contributed by atoms with Gasteiger partial charge in [-0.15, -0.1) is 0 Å². The van der Waals surface area contributed by atoms with Crippen LogP contribution in [0.2, 0.25) is 0 Å². The van der Waals surface area contributed by atoms with E-state index in [1.165, 1.54) is 0 Å². The van der Waals surface area contributed by atoms with Crippen molar-refractivity contribution in [1.29, 1.82) is 0 Å². The number of hydrogen-bond donors (Lipinski definition) is 1. The first-order valence-corrected chi connectivity index (χ1v) is 7.38. The lowest BCUT2D eigenvalue weighted by Gasteiger charge is -2.09. The minimum atomic E-state index is -0.152. The van der Waals surface area contributed by atoms with Gasteiger partial charge in [-0.3, -0.25) is 9.59 Å². The van der Waals surface area contributed by atoms with Crippen LogP contribution in [-0.2, 0) is 6.42 Å². The zero-order chi connectivity index (χ0) is 16.4. The summed E-state index contributed by atoms with van der Waals surface area (Å²) in [6.07, 6.45) is 0.197. The molecule has 0 aliphatic carbocycles. The lowest BCUT2D eigenvalue weighted by Crippen LogP contribution is -2.15. The van der Waals surface area contributed by atoms with E-state index >= 15 is 0 Å². The van der Waals surface area contributed by atoms with Crippen molar-refractivity contribution in [3.05, 3.63) is 75.6 Å². The molecule has 0 aliphatic rings. The van der Waals surface area contributed by atoms with Gasteiger partial charge in [-0.25, -0.2) is 0 Å². The van der Waals surface area contributed by atoms with Gasteiger partial charge in [-0.1, -0.05) is 18.2 Å². The highest BCUT2D eigenvalue weighted by atomic mass is 16.5. The van der Waals surface area contributed by atoms with Crippen molar-refractivity contribution >= 4 is 16.7 Å². The minimum Gasteiger partial charge on any atom is -0.497 e. The second-order valence-corrected chi connectivity index (χ2v) is 5.43. The van der Waals surface area contributed by atoms with Crippen molar-refractivity contribution in [2.75, 3.05) is 7.11 Å². The zero-order valence-corrected chi connectivity index (χ0v) is 13.1. The molecule has 1 N–H and O–H groups in total. The number of hydrogen-bond acceptors (Lipinski definition) is 3. The molecule has 0 aliphatic heterocycles. The Morgan fingerprint density at radius 1 is 1.09 bits per heavy atom. The molecule has 0 amide bonds. The molecule has 3 rings (SSSR count). The fraction of sp³-hybridized carbons (Fsp3) is 0.158. The first-order chi connectivity index (χ1) is 11.1. The summed E-state index contributed by atoms with van der Waals surface area (Å²) in [6.45, 7) is 1.75. The number of ether oxygens (including phenoxy) is 1. The smallest absolute Gasteiger partial charge is 0.251 e. The van der Waals surface area contributed by atoms with Gasteiger partial charge in [0.15, 0.2) is 5.78 Å². The van der Waals surface area contributed by atoms with Crippen molar-refractivity contribution in [3.63, 3.8) is 0 Å². The molecule has 0 unspecified atom stereocenters. The Labute approximate surface area is 133 Å². The zero-order valence-electron chi connectivity index (χ0n) is 13.1. The van der Waals surface area contributed by atoms with Crippen molar-refractivity contribution < 1.29 is 9.53 Å². The Kier molecular flexibility index (Phi) is 3.98. The fourth-order valence-corrected chi connectivity index (χ4v) is 2.68. The normalized spacial score (nSPS) is 10.7. The summed E-state index contributed by atoms with van der Waals surface area (Å²) >= 11 is 0. The number of aromatic amines is 1. The van der Waals surface area contributed by atoms with Crippen molar-refractivity contribution in [2.24, 2.45) is 0 Å². The molecule has 0 fully saturated rings. The Morgan fingerprint density at radius 2 is 1.78 bits per heavy atom. The summed E-state index contributed by atoms with van der Waals surface area (Å²) < 4.78 is 5.10. The summed E-state index contributed by atoms with van der Waals surface area (Å²) in [4.78, 5) is 27.5. The van der Waals surface area contributed by atoms with Crippen LogP contribution in [0, 0.1) is 6.92 Å². The van der Waals surface area contributed by atoms with E-state index in [1.54, 1.807) is 38.3 Å². The van der Waals surface area contributed by atoms with Crippen LogP contribution in [-0.4, -0.2) is 17.9 Å². The maximum absolute atomic E-state index is 12.6. The molecule has 0 saturated carbocycles. The van der Waals surface area contributed by atoms with Crippen LogP contribution in [0.15, 0.2) is 53.3 Å². The number of carbonyl (C=O) groups is 1. The molecule has 0 radical (unpaired) electrons. The van der Waals surface area contributed by atoms with E-state index in [4.69, 9.17) is 4.74 Å². The second-order valence-electron chi connectivity index (χ2n) is 5.43. The third-order valence-electron chi connectivity index (χ3n) is 4.04. The number of methoxy groups -OCH3 is 1. The number of rotatable bonds is 4. The number of pyridine rings is 1. The van der Waals surface area contributed by atoms with Crippen molar-refractivity contribution in [3.8, 4) is 5.75 Å². The van der Waals surface area contributed by atoms with Crippen molar-refractivity contribution in [1.82, 2.24) is 4.98 Å². The SMILES string of the molecule is COc1ccc(C(=O)Cc2c(C)c(=O)[nH]c3ccccc23)cc1. The highest BCUT2D eigenvalue weighted by Gasteiger charge is 2.14. The number of H-pyrrole nitrogens is 1. The summed E-state index contributed by atoms with van der Waals surface area (Å²) in [5.74, 6) is 0.686. The van der Waals surface area contributed by atoms with E-state index < -0.39 is 0 Å². The van der Waals surface area contributed by atoms with Crippen LogP contribution in [0.4, 0.5) is 0 Å². The maximum atomic E-state index is 12.6. The lowest BCUT2D eigenvalue weighted by molar-refractivity contribution is 0.0993. The molecule has 1 heterocycles. The van der Waals surface area contributed by atoms with E-state index in [-0.39, 0.29) is 17.8 Å². The monoisotopic (exact) mass is 307 g/mol. The van der Waals surface area contributed by atoms with Gasteiger partial charge in [-0.05, 0) is 42.8 Å². The van der Waals surface area contributed by atoms with Crippen LogP contribution < -0.4 is 10.3 Å². The molecule has 3 aromatic rings. The number of fused-ring (bicyclic) bond motifs is 1. The van der Waals surface area contributed by atoms with Crippen LogP contribution >= 0.6 is 0 Å². The number of ketones is 1. The molecular formula is C19H17NO3. The van der Waals surface area contributed by atoms with Crippen LogP contribution in [0.25, 0.3) is 10.9 Å². The number of benzene rings is 2. The second kappa shape index (κ2) is 6.08. The molecule has 1 aromatic heterocycles. The average Bonchev–Trinajstić information content (AvgIpc) is 2.59. The van der Waals surface area contributed by atoms with Crippen molar-refractivity contribution in [2.45, 2.75) is 13.3 Å². The molecular weight excluding hydrogens is 290 g/mol. The van der Waals surface area contributed by atoms with E-state index in [2.05, 4.69) is 4.98 Å². The number of aromatic nitrogens is 1. The predicted molar refractivity (Wildman–Crippen MR) is 90.3 cm³/mol. The summed E-state index contributed by atoms with van der Waals surface area (Å²) in [5.41, 5.74) is 2.58. The first-order valence-electron chi connectivity index (χ1n) is 7.38. The van der Waals surface area contributed by atoms with E-state index in [9.17, 15) is 9.59 Å². The fourth-order valence-electron chi connectivity index (χ4n) is 2.68. The maximum Gasteiger partial charge on any atom is 0.251 e. The molecule has 0 atom stereocenters. The summed E-state index contributed by atoms with van der Waals surface area (Å²) in [7, 11) is 1.59. The van der Waals surface area contributed by atoms with Crippen LogP contribution in [0.1, 0.15) is 21.5 Å². The Morgan fingerprint density at radius 3 is 2.48 bits per heavy atom. The predicted octanol–water partition coefficient (Wildman–Crippen LogP) is 3.27. The standard InChI is InChI=1S/C19H17NO3/c1-12-16(15-5-3-4-6-17(15)20-19(12)22)11-18(21)13-7-9-14(23-2)10-8-13/h3-10H,11H2,1-2H3,(H,20,22). The highest BCUT2D eigenvalue weighted by Crippen LogP contribution is 2.20. The Balaban J connectivity index is 2.01. The molecule has 116 valence electrons. The van der Waals surface area contributed by atoms with Gasteiger partial charge < -0.3 is 9.72 Å². The van der Waals surface area contributed by atoms with Gasteiger partial charge in [0.05, 0.1) is 7.11 Å². The molecule has 4 heteroatoms. The summed E-state index contributed by atoms with van der Waals surface area (Å²) in [6, 6.07) is 14.5. The Hall–Kier alpha value is -2.88. The number of Topliss-reactive ketones (excluding diaryl/α,β-unsaturated/α-hetero) is 1. The van der Waals surface area contributed by atoms with Gasteiger partial charge in [0.2, 0.25) is 0 Å². The Bertz CT molecular complexity index is 923. The molecule has 4 nitrogen and oxygen atoms in total. The van der Waals surface area contributed by atoms with Gasteiger partial charge >= 0.3 is 0 Å². The lowest BCUT2D eigenvalue weighted by atomic mass is 9.96. The van der Waals surface area contributed by atoms with E-state index in [0.717, 1.165) is 16.5 Å². The van der Waals surface area contributed by atoms with Gasteiger partial charge in [-0.2, -0.15) is 0 Å². The van der Waals surface area contributed by atoms with Gasteiger partial charge in [0, 0.05) is 28.5 Å². The average molecular weight is 307 g/mol. The van der Waals surface area contributed by atoms with Gasteiger partial charge in [0.25, 0.3) is 5.56 Å². The number of carbonyl (C=O) groups excluding carboxylic acids is 1. The molecule has 0 saturated heterocycles. The van der Waals surface area contributed by atoms with Gasteiger partial charge in [0.1, 0.15) is 5.75 Å². The van der Waals surface area contributed by atoms with E-state index in [0.29, 0.717) is 16.9 Å². The first kappa shape index (κ1) is 15.0. The third-order valence-corrected chi connectivity index (χ3v) is 4.04. The summed E-state index contributed by atoms with van der Waals surface area (Å²) in [5, 5.41) is 0.909. The molecule has 0 spiro atoms. The number of nitrogens with one attached hydrogen (secondary N) is 1. The quantitative estimate of drug-likeness (QED) is 0.753. The molecule has 23 heavy (non-hydrogen) atoms. The number of para-hydroxylation sites is 1. The highest BCUT2D eigenvalue weighted by molar-refractivity contribution is 6.00. The van der Waals surface area contributed by atoms with Crippen LogP contribution in [0.3, 0.4) is 0 Å².